The molecule has 90 valence electrons. The van der Waals surface area contributed by atoms with Crippen molar-refractivity contribution in [3.63, 3.8) is 0 Å². The second-order valence-electron chi connectivity index (χ2n) is 2.69. The van der Waals surface area contributed by atoms with Crippen LogP contribution in [-0.4, -0.2) is 46.8 Å². The summed E-state index contributed by atoms with van der Waals surface area (Å²) in [6, 6.07) is 0. The van der Waals surface area contributed by atoms with Gasteiger partial charge in [0.25, 0.3) is 0 Å². The second-order valence-corrected chi connectivity index (χ2v) is 2.69. The fourth-order valence-electron chi connectivity index (χ4n) is 0.501. The Labute approximate surface area is 91.1 Å². The predicted octanol–water partition coefficient (Wildman–Crippen LogP) is -0.0594. The number of hydrogen-bond acceptors (Lipinski definition) is 6. The van der Waals surface area contributed by atoms with Crippen LogP contribution < -0.4 is 0 Å². The summed E-state index contributed by atoms with van der Waals surface area (Å²) in [6.45, 7) is 1.93. The molecule has 0 saturated carbocycles. The van der Waals surface area contributed by atoms with Gasteiger partial charge >= 0.3 is 11.9 Å². The molecule has 2 N–H and O–H groups in total. The van der Waals surface area contributed by atoms with Crippen LogP contribution in [0.25, 0.3) is 0 Å². The summed E-state index contributed by atoms with van der Waals surface area (Å²) in [5.41, 5.74) is 0.596. The lowest BCUT2D eigenvalue weighted by atomic mass is 10.3. The lowest BCUT2D eigenvalue weighted by molar-refractivity contribution is -0.143. The SMILES string of the molecule is CC(=N/OCC(=O)O)/C(C)=N\OCC(=O)O. The first kappa shape index (κ1) is 13.9. The zero-order valence-electron chi connectivity index (χ0n) is 8.84. The van der Waals surface area contributed by atoms with Crippen LogP contribution in [0.5, 0.6) is 0 Å². The average Bonchev–Trinajstić information content (AvgIpc) is 2.16. The van der Waals surface area contributed by atoms with Crippen LogP contribution >= 0.6 is 0 Å². The molecule has 0 aliphatic carbocycles. The molecule has 16 heavy (non-hydrogen) atoms. The first-order chi connectivity index (χ1) is 7.43. The molecule has 0 spiro atoms. The first-order valence-electron chi connectivity index (χ1n) is 4.20. The fourth-order valence-corrected chi connectivity index (χ4v) is 0.501. The molecule has 0 rings (SSSR count). The number of rotatable bonds is 7. The van der Waals surface area contributed by atoms with Crippen LogP contribution in [0.4, 0.5) is 0 Å². The lowest BCUT2D eigenvalue weighted by Crippen LogP contribution is -2.11. The van der Waals surface area contributed by atoms with Gasteiger partial charge in [0, 0.05) is 0 Å². The molecular weight excluding hydrogens is 220 g/mol. The van der Waals surface area contributed by atoms with E-state index in [1.807, 2.05) is 0 Å². The van der Waals surface area contributed by atoms with Crippen molar-refractivity contribution in [2.75, 3.05) is 13.2 Å². The van der Waals surface area contributed by atoms with E-state index in [4.69, 9.17) is 10.2 Å². The van der Waals surface area contributed by atoms with Crippen molar-refractivity contribution in [3.8, 4) is 0 Å². The Balaban J connectivity index is 4.09. The molecule has 0 radical (unpaired) electrons. The highest BCUT2D eigenvalue weighted by Crippen LogP contribution is 1.88. The number of aliphatic carboxylic acids is 2. The Morgan fingerprint density at radius 2 is 1.25 bits per heavy atom. The Kier molecular flexibility index (Phi) is 6.25. The number of oxime groups is 2. The summed E-state index contributed by atoms with van der Waals surface area (Å²) < 4.78 is 0. The Hall–Kier alpha value is -2.12. The highest BCUT2D eigenvalue weighted by molar-refractivity contribution is 6.40. The van der Waals surface area contributed by atoms with E-state index in [9.17, 15) is 9.59 Å². The Morgan fingerprint density at radius 1 is 0.938 bits per heavy atom. The molecule has 0 heterocycles. The third kappa shape index (κ3) is 7.30. The smallest absolute Gasteiger partial charge is 0.344 e. The minimum atomic E-state index is -1.15. The van der Waals surface area contributed by atoms with Gasteiger partial charge in [0.15, 0.2) is 0 Å². The van der Waals surface area contributed by atoms with Crippen LogP contribution in [0.1, 0.15) is 13.8 Å². The molecule has 0 atom stereocenters. The largest absolute Gasteiger partial charge is 0.479 e. The number of carboxylic acids is 2. The normalized spacial score (nSPS) is 12.1. The van der Waals surface area contributed by atoms with Crippen molar-refractivity contribution in [2.24, 2.45) is 10.3 Å². The molecule has 0 aliphatic heterocycles. The van der Waals surface area contributed by atoms with Gasteiger partial charge in [-0.1, -0.05) is 10.3 Å². The maximum atomic E-state index is 10.1. The predicted molar refractivity (Wildman–Crippen MR) is 53.4 cm³/mol. The van der Waals surface area contributed by atoms with Crippen molar-refractivity contribution >= 4 is 23.4 Å². The number of hydrogen-bond donors (Lipinski definition) is 2. The zero-order chi connectivity index (χ0) is 12.6. The molecule has 0 aromatic rings. The van der Waals surface area contributed by atoms with E-state index < -0.39 is 25.2 Å². The van der Waals surface area contributed by atoms with Crippen LogP contribution in [0.15, 0.2) is 10.3 Å². The van der Waals surface area contributed by atoms with Crippen LogP contribution in [0.2, 0.25) is 0 Å². The molecule has 0 saturated heterocycles. The van der Waals surface area contributed by atoms with Crippen molar-refractivity contribution in [1.82, 2.24) is 0 Å². The van der Waals surface area contributed by atoms with Gasteiger partial charge in [0.1, 0.15) is 11.4 Å². The summed E-state index contributed by atoms with van der Waals surface area (Å²) in [6.07, 6.45) is 0. The van der Waals surface area contributed by atoms with Crippen LogP contribution in [0.3, 0.4) is 0 Å². The maximum Gasteiger partial charge on any atom is 0.344 e. The highest BCUT2D eigenvalue weighted by Gasteiger charge is 2.01. The number of nitrogens with zero attached hydrogens (tertiary/aromatic N) is 2. The number of carbonyl (C=O) groups is 2. The summed E-state index contributed by atoms with van der Waals surface area (Å²) in [5, 5.41) is 23.4. The van der Waals surface area contributed by atoms with Gasteiger partial charge < -0.3 is 19.9 Å². The van der Waals surface area contributed by atoms with E-state index in [1.54, 1.807) is 0 Å². The van der Waals surface area contributed by atoms with Crippen molar-refractivity contribution in [3.05, 3.63) is 0 Å². The van der Waals surface area contributed by atoms with Gasteiger partial charge in [-0.15, -0.1) is 0 Å². The average molecular weight is 232 g/mol. The topological polar surface area (TPSA) is 118 Å². The van der Waals surface area contributed by atoms with E-state index in [0.717, 1.165) is 0 Å². The molecule has 0 aliphatic rings. The molecule has 0 bridgehead atoms. The molecule has 8 nitrogen and oxygen atoms in total. The van der Waals surface area contributed by atoms with Gasteiger partial charge in [-0.2, -0.15) is 0 Å². The quantitative estimate of drug-likeness (QED) is 0.469. The summed E-state index contributed by atoms with van der Waals surface area (Å²) in [4.78, 5) is 29.0. The lowest BCUT2D eigenvalue weighted by Gasteiger charge is -1.99. The third-order valence-corrected chi connectivity index (χ3v) is 1.30. The van der Waals surface area contributed by atoms with Gasteiger partial charge in [-0.25, -0.2) is 9.59 Å². The van der Waals surface area contributed by atoms with Crippen molar-refractivity contribution < 1.29 is 29.5 Å². The Morgan fingerprint density at radius 3 is 1.50 bits per heavy atom. The summed E-state index contributed by atoms with van der Waals surface area (Å²) in [5.74, 6) is -2.29. The van der Waals surface area contributed by atoms with Crippen LogP contribution in [0, 0.1) is 0 Å². The van der Waals surface area contributed by atoms with E-state index in [-0.39, 0.29) is 0 Å². The monoisotopic (exact) mass is 232 g/mol. The molecule has 8 heteroatoms. The molecule has 0 aromatic heterocycles. The zero-order valence-corrected chi connectivity index (χ0v) is 8.84. The minimum Gasteiger partial charge on any atom is -0.479 e. The van der Waals surface area contributed by atoms with E-state index in [2.05, 4.69) is 20.0 Å². The van der Waals surface area contributed by atoms with Gasteiger partial charge in [-0.05, 0) is 13.8 Å². The Bertz CT molecular complexity index is 290. The number of carboxylic acid groups (broad SMARTS) is 2. The van der Waals surface area contributed by atoms with E-state index >= 15 is 0 Å². The van der Waals surface area contributed by atoms with Gasteiger partial charge in [0.2, 0.25) is 13.2 Å². The molecule has 0 aromatic carbocycles. The van der Waals surface area contributed by atoms with Crippen molar-refractivity contribution in [2.45, 2.75) is 13.8 Å². The highest BCUT2D eigenvalue weighted by atomic mass is 16.6. The standard InChI is InChI=1S/C8H12N2O6/c1-5(9-15-3-7(11)12)6(2)10-16-4-8(13)14/h3-4H2,1-2H3,(H,11,12)(H,13,14)/b9-5-,10-6-. The van der Waals surface area contributed by atoms with Crippen LogP contribution in [-0.2, 0) is 19.3 Å². The molecule has 0 amide bonds. The maximum absolute atomic E-state index is 10.1. The van der Waals surface area contributed by atoms with E-state index in [1.165, 1.54) is 13.8 Å². The van der Waals surface area contributed by atoms with Crippen molar-refractivity contribution in [1.29, 1.82) is 0 Å². The third-order valence-electron chi connectivity index (χ3n) is 1.30. The molecule has 0 unspecified atom stereocenters. The van der Waals surface area contributed by atoms with E-state index in [0.29, 0.717) is 11.4 Å². The summed E-state index contributed by atoms with van der Waals surface area (Å²) >= 11 is 0. The minimum absolute atomic E-state index is 0.298. The molecular formula is C8H12N2O6. The molecule has 0 fully saturated rings. The fraction of sp³-hybridized carbons (Fsp3) is 0.500. The second kappa shape index (κ2) is 7.21. The van der Waals surface area contributed by atoms with Gasteiger partial charge in [-0.3, -0.25) is 0 Å². The summed E-state index contributed by atoms with van der Waals surface area (Å²) in [7, 11) is 0. The van der Waals surface area contributed by atoms with Gasteiger partial charge in [0.05, 0.1) is 0 Å². The first-order valence-corrected chi connectivity index (χ1v) is 4.20.